The Balaban J connectivity index is 1.77. The van der Waals surface area contributed by atoms with Crippen molar-refractivity contribution in [2.45, 2.75) is 44.2 Å². The molecule has 1 aromatic heterocycles. The Bertz CT molecular complexity index is 1170. The Morgan fingerprint density at radius 3 is 2.69 bits per heavy atom. The first-order valence-electron chi connectivity index (χ1n) is 10.9. The molecule has 0 saturated heterocycles. The molecule has 0 bridgehead atoms. The lowest BCUT2D eigenvalue weighted by Gasteiger charge is -2.43. The van der Waals surface area contributed by atoms with E-state index in [0.717, 1.165) is 10.9 Å². The first-order valence-corrected chi connectivity index (χ1v) is 13.9. The molecule has 4 rings (SSSR count). The predicted molar refractivity (Wildman–Crippen MR) is 126 cm³/mol. The van der Waals surface area contributed by atoms with Crippen molar-refractivity contribution in [2.24, 2.45) is 5.92 Å². The van der Waals surface area contributed by atoms with E-state index >= 15 is 0 Å². The van der Waals surface area contributed by atoms with Gasteiger partial charge in [-0.3, -0.25) is 4.79 Å². The van der Waals surface area contributed by atoms with Gasteiger partial charge in [-0.2, -0.15) is 9.78 Å². The van der Waals surface area contributed by atoms with Crippen LogP contribution in [0.25, 0.3) is 16.5 Å². The quantitative estimate of drug-likeness (QED) is 0.555. The summed E-state index contributed by atoms with van der Waals surface area (Å²) < 4.78 is 13.7. The number of ether oxygens (including phenoxy) is 2. The number of fused-ring (bicyclic) bond motifs is 2. The molecule has 0 amide bonds. The minimum absolute atomic E-state index is 0.00572. The molecule has 0 fully saturated rings. The lowest BCUT2D eigenvalue weighted by molar-refractivity contribution is -0.0256. The predicted octanol–water partition coefficient (Wildman–Crippen LogP) is 3.42. The number of hydrogen-bond acceptors (Lipinski definition) is 6. The van der Waals surface area contributed by atoms with E-state index in [1.807, 2.05) is 56.4 Å². The molecule has 1 aliphatic rings. The molecule has 1 unspecified atom stereocenters. The topological polar surface area (TPSA) is 93.8 Å². The highest BCUT2D eigenvalue weighted by Gasteiger charge is 2.46. The highest BCUT2D eigenvalue weighted by Crippen LogP contribution is 2.46. The van der Waals surface area contributed by atoms with E-state index in [1.54, 1.807) is 19.4 Å². The summed E-state index contributed by atoms with van der Waals surface area (Å²) in [7, 11) is -0.938. The number of methoxy groups -OCH3 is 1. The summed E-state index contributed by atoms with van der Waals surface area (Å²) in [4.78, 5) is 23.9. The SMILES string of the molecule is CO[C@@H]1c2cc(-n3ncc4ccccc4c3=O)ccc2O[C@H](C(CCO)[Si](C)(C)O)[C@H]1C. The fourth-order valence-electron chi connectivity index (χ4n) is 4.83. The number of nitrogens with zero attached hydrogens (tertiary/aromatic N) is 2. The van der Waals surface area contributed by atoms with E-state index in [-0.39, 0.29) is 35.8 Å². The average molecular weight is 455 g/mol. The maximum atomic E-state index is 13.0. The number of rotatable bonds is 6. The van der Waals surface area contributed by atoms with Crippen LogP contribution < -0.4 is 10.3 Å². The summed E-state index contributed by atoms with van der Waals surface area (Å²) in [5.74, 6) is 0.609. The van der Waals surface area contributed by atoms with Gasteiger partial charge in [-0.15, -0.1) is 0 Å². The summed E-state index contributed by atoms with van der Waals surface area (Å²) in [5.41, 5.74) is 1.16. The molecule has 0 spiro atoms. The zero-order valence-electron chi connectivity index (χ0n) is 18.9. The molecule has 0 aliphatic carbocycles. The molecule has 0 radical (unpaired) electrons. The summed E-state index contributed by atoms with van der Waals surface area (Å²) in [6.45, 7) is 5.79. The van der Waals surface area contributed by atoms with Gasteiger partial charge < -0.3 is 19.4 Å². The fourth-order valence-corrected chi connectivity index (χ4v) is 6.84. The van der Waals surface area contributed by atoms with E-state index in [1.165, 1.54) is 4.68 Å². The van der Waals surface area contributed by atoms with Crippen LogP contribution in [0.3, 0.4) is 0 Å². The van der Waals surface area contributed by atoms with Gasteiger partial charge in [-0.1, -0.05) is 25.1 Å². The molecule has 3 aromatic rings. The van der Waals surface area contributed by atoms with Crippen LogP contribution in [0.15, 0.2) is 53.5 Å². The van der Waals surface area contributed by atoms with Crippen molar-refractivity contribution >= 4 is 19.1 Å². The molecule has 2 heterocycles. The van der Waals surface area contributed by atoms with Crippen LogP contribution in [0, 0.1) is 5.92 Å². The van der Waals surface area contributed by atoms with Crippen molar-refractivity contribution < 1.29 is 19.4 Å². The van der Waals surface area contributed by atoms with Crippen LogP contribution in [0.4, 0.5) is 0 Å². The molecule has 8 heteroatoms. The zero-order chi connectivity index (χ0) is 23.0. The number of aliphatic hydroxyl groups excluding tert-OH is 1. The largest absolute Gasteiger partial charge is 0.490 e. The van der Waals surface area contributed by atoms with Gasteiger partial charge in [-0.25, -0.2) is 0 Å². The highest BCUT2D eigenvalue weighted by atomic mass is 28.4. The molecule has 1 aliphatic heterocycles. The van der Waals surface area contributed by atoms with Crippen molar-refractivity contribution in [1.29, 1.82) is 0 Å². The second-order valence-electron chi connectivity index (χ2n) is 9.04. The fraction of sp³-hybridized carbons (Fsp3) is 0.417. The van der Waals surface area contributed by atoms with Crippen molar-refractivity contribution in [3.8, 4) is 11.4 Å². The van der Waals surface area contributed by atoms with Crippen LogP contribution in [0.2, 0.25) is 18.6 Å². The van der Waals surface area contributed by atoms with Gasteiger partial charge in [0.15, 0.2) is 8.32 Å². The first kappa shape index (κ1) is 22.7. The second-order valence-corrected chi connectivity index (χ2v) is 13.1. The van der Waals surface area contributed by atoms with Crippen LogP contribution in [0.1, 0.15) is 25.0 Å². The lowest BCUT2D eigenvalue weighted by atomic mass is 9.86. The molecule has 170 valence electrons. The summed E-state index contributed by atoms with van der Waals surface area (Å²) in [5, 5.41) is 15.4. The van der Waals surface area contributed by atoms with Crippen molar-refractivity contribution in [1.82, 2.24) is 9.78 Å². The highest BCUT2D eigenvalue weighted by molar-refractivity contribution is 6.71. The van der Waals surface area contributed by atoms with Crippen LogP contribution >= 0.6 is 0 Å². The van der Waals surface area contributed by atoms with Crippen molar-refractivity contribution in [3.05, 3.63) is 64.6 Å². The van der Waals surface area contributed by atoms with Crippen LogP contribution in [0.5, 0.6) is 5.75 Å². The lowest BCUT2D eigenvalue weighted by Crippen LogP contribution is -2.48. The van der Waals surface area contributed by atoms with E-state index in [0.29, 0.717) is 23.2 Å². The zero-order valence-corrected chi connectivity index (χ0v) is 19.9. The third-order valence-electron chi connectivity index (χ3n) is 6.50. The third kappa shape index (κ3) is 3.99. The van der Waals surface area contributed by atoms with E-state index in [2.05, 4.69) is 5.10 Å². The standard InChI is InChI=1S/C24H30N2O5Si/c1-15-22(30-2)19-13-17(26-24(28)18-8-6-5-7-16(18)14-25-26)9-10-20(19)31-23(15)21(11-12-27)32(3,4)29/h5-10,13-15,21-23,27,29H,11-12H2,1-4H3/t15-,21?,22-,23-/m0/s1. The average Bonchev–Trinajstić information content (AvgIpc) is 2.77. The molecule has 4 atom stereocenters. The minimum atomic E-state index is -2.59. The number of aromatic nitrogens is 2. The Labute approximate surface area is 188 Å². The van der Waals surface area contributed by atoms with Crippen molar-refractivity contribution in [3.63, 3.8) is 0 Å². The molecule has 0 saturated carbocycles. The monoisotopic (exact) mass is 454 g/mol. The van der Waals surface area contributed by atoms with Crippen LogP contribution in [-0.4, -0.2) is 47.8 Å². The van der Waals surface area contributed by atoms with Gasteiger partial charge in [0.05, 0.1) is 23.4 Å². The smallest absolute Gasteiger partial charge is 0.279 e. The van der Waals surface area contributed by atoms with Crippen molar-refractivity contribution in [2.75, 3.05) is 13.7 Å². The molecular weight excluding hydrogens is 424 g/mol. The second kappa shape index (κ2) is 8.78. The summed E-state index contributed by atoms with van der Waals surface area (Å²) in [6, 6.07) is 12.9. The van der Waals surface area contributed by atoms with Gasteiger partial charge in [0.2, 0.25) is 0 Å². The van der Waals surface area contributed by atoms with Gasteiger partial charge in [0.1, 0.15) is 11.9 Å². The van der Waals surface area contributed by atoms with Gasteiger partial charge in [-0.05, 0) is 43.8 Å². The van der Waals surface area contributed by atoms with E-state index in [9.17, 15) is 14.7 Å². The van der Waals surface area contributed by atoms with E-state index < -0.39 is 8.32 Å². The Morgan fingerprint density at radius 1 is 1.25 bits per heavy atom. The maximum Gasteiger partial charge on any atom is 0.279 e. The molecular formula is C24H30N2O5Si. The number of hydrogen-bond donors (Lipinski definition) is 2. The van der Waals surface area contributed by atoms with Crippen LogP contribution in [-0.2, 0) is 4.74 Å². The summed E-state index contributed by atoms with van der Waals surface area (Å²) >= 11 is 0. The Kier molecular flexibility index (Phi) is 6.22. The maximum absolute atomic E-state index is 13.0. The summed E-state index contributed by atoms with van der Waals surface area (Å²) in [6.07, 6.45) is 1.61. The number of benzene rings is 2. The number of aliphatic hydroxyl groups is 1. The normalized spacial score (nSPS) is 21.8. The molecule has 2 N–H and O–H groups in total. The van der Waals surface area contributed by atoms with Gasteiger partial charge >= 0.3 is 0 Å². The molecule has 7 nitrogen and oxygen atoms in total. The Hall–Kier alpha value is -2.52. The first-order chi connectivity index (χ1) is 15.3. The molecule has 32 heavy (non-hydrogen) atoms. The Morgan fingerprint density at radius 2 is 2.00 bits per heavy atom. The van der Waals surface area contributed by atoms with Gasteiger partial charge in [0, 0.05) is 36.1 Å². The molecule has 2 aromatic carbocycles. The minimum Gasteiger partial charge on any atom is -0.490 e. The third-order valence-corrected chi connectivity index (χ3v) is 8.93. The van der Waals surface area contributed by atoms with Gasteiger partial charge in [0.25, 0.3) is 5.56 Å². The van der Waals surface area contributed by atoms with E-state index in [4.69, 9.17) is 9.47 Å².